The van der Waals surface area contributed by atoms with Crippen LogP contribution in [0.15, 0.2) is 30.3 Å². The van der Waals surface area contributed by atoms with Crippen molar-refractivity contribution in [3.63, 3.8) is 0 Å². The highest BCUT2D eigenvalue weighted by molar-refractivity contribution is 6.33. The van der Waals surface area contributed by atoms with Crippen LogP contribution in [0.4, 0.5) is 4.79 Å². The minimum absolute atomic E-state index is 0.00736. The van der Waals surface area contributed by atoms with Gasteiger partial charge in [-0.2, -0.15) is 0 Å². The highest BCUT2D eigenvalue weighted by Crippen LogP contribution is 2.23. The molecule has 1 saturated heterocycles. The molecule has 0 unspecified atom stereocenters. The lowest BCUT2D eigenvalue weighted by Gasteiger charge is -2.31. The molecule has 1 aromatic heterocycles. The predicted molar refractivity (Wildman–Crippen MR) is 109 cm³/mol. The van der Waals surface area contributed by atoms with Crippen molar-refractivity contribution in [3.05, 3.63) is 52.3 Å². The molecule has 0 aliphatic carbocycles. The Balaban J connectivity index is 1.68. The number of likely N-dealkylation sites (tertiary alicyclic amines) is 1. The second-order valence-electron chi connectivity index (χ2n) is 7.05. The van der Waals surface area contributed by atoms with E-state index in [4.69, 9.17) is 16.3 Å². The predicted octanol–water partition coefficient (Wildman–Crippen LogP) is 4.10. The van der Waals surface area contributed by atoms with Crippen LogP contribution in [0, 0.1) is 13.8 Å². The third kappa shape index (κ3) is 4.33. The average Bonchev–Trinajstić information content (AvgIpc) is 3.01. The minimum Gasteiger partial charge on any atom is -0.450 e. The first-order valence-electron chi connectivity index (χ1n) is 9.58. The van der Waals surface area contributed by atoms with E-state index in [0.29, 0.717) is 43.1 Å². The van der Waals surface area contributed by atoms with Crippen molar-refractivity contribution in [3.8, 4) is 5.69 Å². The topological polar surface area (TPSA) is 63.6 Å². The summed E-state index contributed by atoms with van der Waals surface area (Å²) in [5.74, 6) is -0.191. The van der Waals surface area contributed by atoms with Crippen LogP contribution in [-0.4, -0.2) is 47.2 Å². The van der Waals surface area contributed by atoms with Gasteiger partial charge in [-0.05, 0) is 63.9 Å². The molecule has 0 atom stereocenters. The number of benzene rings is 1. The van der Waals surface area contributed by atoms with Crippen molar-refractivity contribution in [1.29, 1.82) is 0 Å². The molecule has 150 valence electrons. The van der Waals surface area contributed by atoms with E-state index < -0.39 is 0 Å². The molecule has 3 rings (SSSR count). The Morgan fingerprint density at radius 3 is 2.39 bits per heavy atom. The number of aromatic nitrogens is 1. The minimum atomic E-state index is -0.291. The van der Waals surface area contributed by atoms with Gasteiger partial charge in [-0.1, -0.05) is 11.6 Å². The lowest BCUT2D eigenvalue weighted by molar-refractivity contribution is 0.0860. The van der Waals surface area contributed by atoms with E-state index in [1.807, 2.05) is 38.1 Å². The van der Waals surface area contributed by atoms with E-state index >= 15 is 0 Å². The molecular weight excluding hydrogens is 378 g/mol. The summed E-state index contributed by atoms with van der Waals surface area (Å²) in [6.45, 7) is 7.35. The average molecular weight is 404 g/mol. The summed E-state index contributed by atoms with van der Waals surface area (Å²) < 4.78 is 7.12. The van der Waals surface area contributed by atoms with Crippen LogP contribution >= 0.6 is 11.6 Å². The van der Waals surface area contributed by atoms with E-state index in [1.54, 1.807) is 17.9 Å². The number of amides is 2. The number of halogens is 1. The normalized spacial score (nSPS) is 14.8. The molecule has 2 amide bonds. The smallest absolute Gasteiger partial charge is 0.409 e. The molecule has 1 fully saturated rings. The molecule has 0 saturated carbocycles. The van der Waals surface area contributed by atoms with Crippen LogP contribution in [0.2, 0.25) is 5.02 Å². The Hall–Kier alpha value is -2.47. The Bertz CT molecular complexity index is 850. The number of nitrogens with one attached hydrogen (secondary N) is 1. The standard InChI is InChI=1S/C21H26ClN3O3/c1-4-28-21(27)24-11-9-16(10-12-24)23-20(26)18-13-17(7-8-19(18)22)25-14(2)5-6-15(25)3/h5-8,13,16H,4,9-12H2,1-3H3,(H,23,26). The van der Waals surface area contributed by atoms with Gasteiger partial charge in [-0.25, -0.2) is 4.79 Å². The Morgan fingerprint density at radius 2 is 1.79 bits per heavy atom. The maximum absolute atomic E-state index is 12.8. The fraction of sp³-hybridized carbons (Fsp3) is 0.429. The van der Waals surface area contributed by atoms with Gasteiger partial charge in [0.1, 0.15) is 0 Å². The van der Waals surface area contributed by atoms with Crippen LogP contribution in [0.25, 0.3) is 5.69 Å². The molecule has 2 heterocycles. The summed E-state index contributed by atoms with van der Waals surface area (Å²) >= 11 is 6.31. The van der Waals surface area contributed by atoms with Crippen LogP contribution in [0.3, 0.4) is 0 Å². The van der Waals surface area contributed by atoms with Crippen molar-refractivity contribution in [2.45, 2.75) is 39.7 Å². The number of ether oxygens (including phenoxy) is 1. The van der Waals surface area contributed by atoms with Crippen molar-refractivity contribution >= 4 is 23.6 Å². The fourth-order valence-electron chi connectivity index (χ4n) is 3.59. The highest BCUT2D eigenvalue weighted by Gasteiger charge is 2.25. The lowest BCUT2D eigenvalue weighted by Crippen LogP contribution is -2.46. The number of rotatable bonds is 4. The zero-order valence-electron chi connectivity index (χ0n) is 16.5. The van der Waals surface area contributed by atoms with E-state index in [1.165, 1.54) is 0 Å². The largest absolute Gasteiger partial charge is 0.450 e. The van der Waals surface area contributed by atoms with E-state index in [2.05, 4.69) is 9.88 Å². The first kappa shape index (κ1) is 20.3. The molecule has 7 heteroatoms. The Kier molecular flexibility index (Phi) is 6.29. The zero-order valence-corrected chi connectivity index (χ0v) is 17.3. The third-order valence-electron chi connectivity index (χ3n) is 5.08. The number of aryl methyl sites for hydroxylation is 2. The fourth-order valence-corrected chi connectivity index (χ4v) is 3.79. The second kappa shape index (κ2) is 8.69. The van der Waals surface area contributed by atoms with Gasteiger partial charge < -0.3 is 19.5 Å². The second-order valence-corrected chi connectivity index (χ2v) is 7.46. The Labute approximate surface area is 170 Å². The van der Waals surface area contributed by atoms with E-state index in [9.17, 15) is 9.59 Å². The maximum Gasteiger partial charge on any atom is 0.409 e. The Morgan fingerprint density at radius 1 is 1.14 bits per heavy atom. The lowest BCUT2D eigenvalue weighted by atomic mass is 10.0. The van der Waals surface area contributed by atoms with Crippen LogP contribution in [0.1, 0.15) is 41.5 Å². The SMILES string of the molecule is CCOC(=O)N1CCC(NC(=O)c2cc(-n3c(C)ccc3C)ccc2Cl)CC1. The molecule has 0 bridgehead atoms. The summed E-state index contributed by atoms with van der Waals surface area (Å²) in [7, 11) is 0. The van der Waals surface area contributed by atoms with Gasteiger partial charge in [0.25, 0.3) is 5.91 Å². The van der Waals surface area contributed by atoms with Crippen molar-refractivity contribution < 1.29 is 14.3 Å². The molecule has 1 aromatic carbocycles. The summed E-state index contributed by atoms with van der Waals surface area (Å²) in [5.41, 5.74) is 3.56. The monoisotopic (exact) mass is 403 g/mol. The molecular formula is C21H26ClN3O3. The quantitative estimate of drug-likeness (QED) is 0.835. The number of carbonyl (C=O) groups excluding carboxylic acids is 2. The number of hydrogen-bond donors (Lipinski definition) is 1. The summed E-state index contributed by atoms with van der Waals surface area (Å²) in [6.07, 6.45) is 1.09. The summed E-state index contributed by atoms with van der Waals surface area (Å²) in [4.78, 5) is 26.3. The summed E-state index contributed by atoms with van der Waals surface area (Å²) in [6, 6.07) is 9.59. The first-order valence-corrected chi connectivity index (χ1v) is 9.96. The highest BCUT2D eigenvalue weighted by atomic mass is 35.5. The van der Waals surface area contributed by atoms with Gasteiger partial charge in [-0.15, -0.1) is 0 Å². The van der Waals surface area contributed by atoms with E-state index in [0.717, 1.165) is 17.1 Å². The molecule has 1 aliphatic rings. The van der Waals surface area contributed by atoms with Gasteiger partial charge >= 0.3 is 6.09 Å². The van der Waals surface area contributed by atoms with Gasteiger partial charge in [-0.3, -0.25) is 4.79 Å². The number of hydrogen-bond acceptors (Lipinski definition) is 3. The van der Waals surface area contributed by atoms with Gasteiger partial charge in [0.15, 0.2) is 0 Å². The molecule has 1 N–H and O–H groups in total. The molecule has 2 aromatic rings. The van der Waals surface area contributed by atoms with Crippen molar-refractivity contribution in [2.75, 3.05) is 19.7 Å². The van der Waals surface area contributed by atoms with Crippen LogP contribution in [0.5, 0.6) is 0 Å². The number of piperidine rings is 1. The van der Waals surface area contributed by atoms with Crippen molar-refractivity contribution in [1.82, 2.24) is 14.8 Å². The zero-order chi connectivity index (χ0) is 20.3. The van der Waals surface area contributed by atoms with Gasteiger partial charge in [0, 0.05) is 36.2 Å². The van der Waals surface area contributed by atoms with Crippen LogP contribution in [-0.2, 0) is 4.74 Å². The molecule has 6 nitrogen and oxygen atoms in total. The third-order valence-corrected chi connectivity index (χ3v) is 5.41. The van der Waals surface area contributed by atoms with Gasteiger partial charge in [0.2, 0.25) is 0 Å². The first-order chi connectivity index (χ1) is 13.4. The van der Waals surface area contributed by atoms with Gasteiger partial charge in [0.05, 0.1) is 17.2 Å². The number of nitrogens with zero attached hydrogens (tertiary/aromatic N) is 2. The molecule has 0 radical (unpaired) electrons. The van der Waals surface area contributed by atoms with Crippen molar-refractivity contribution in [2.24, 2.45) is 0 Å². The molecule has 1 aliphatic heterocycles. The molecule has 0 spiro atoms. The molecule has 28 heavy (non-hydrogen) atoms. The summed E-state index contributed by atoms with van der Waals surface area (Å²) in [5, 5.41) is 3.48. The maximum atomic E-state index is 12.8. The van der Waals surface area contributed by atoms with Crippen LogP contribution < -0.4 is 5.32 Å². The van der Waals surface area contributed by atoms with E-state index in [-0.39, 0.29) is 18.0 Å². The number of carbonyl (C=O) groups is 2.